The van der Waals surface area contributed by atoms with E-state index in [0.29, 0.717) is 6.42 Å². The summed E-state index contributed by atoms with van der Waals surface area (Å²) in [6, 6.07) is 4.01. The highest BCUT2D eigenvalue weighted by Crippen LogP contribution is 2.14. The Hall–Kier alpha value is -1.78. The number of nitrogens with two attached hydrogens (primary N) is 1. The van der Waals surface area contributed by atoms with E-state index in [1.165, 1.54) is 0 Å². The van der Waals surface area contributed by atoms with Crippen LogP contribution in [0.1, 0.15) is 13.3 Å². The second kappa shape index (κ2) is 5.19. The summed E-state index contributed by atoms with van der Waals surface area (Å²) >= 11 is 0. The van der Waals surface area contributed by atoms with Gasteiger partial charge in [0, 0.05) is 37.6 Å². The molecule has 1 rings (SSSR count). The third kappa shape index (κ3) is 3.12. The van der Waals surface area contributed by atoms with Crippen molar-refractivity contribution in [3.05, 3.63) is 24.5 Å². The van der Waals surface area contributed by atoms with Crippen LogP contribution in [-0.4, -0.2) is 29.1 Å². The van der Waals surface area contributed by atoms with Crippen LogP contribution in [0.3, 0.4) is 0 Å². The zero-order chi connectivity index (χ0) is 11.3. The van der Waals surface area contributed by atoms with Crippen LogP contribution in [0.25, 0.3) is 0 Å². The number of nitrogens with zero attached hydrogens (tertiary/aromatic N) is 3. The van der Waals surface area contributed by atoms with E-state index in [2.05, 4.69) is 15.0 Å². The molecule has 1 aromatic rings. The topological polar surface area (TPSA) is 74.7 Å². The first-order valence-corrected chi connectivity index (χ1v) is 4.74. The molecule has 1 unspecified atom stereocenters. The standard InChI is InChI=1S/C10H16N4O/c1-8(7-10(11)13-15)14(2)9-3-5-12-6-4-9/h3-6,8,15H,7H2,1-2H3,(H2,11,13). The van der Waals surface area contributed by atoms with Crippen LogP contribution < -0.4 is 10.6 Å². The minimum atomic E-state index is 0.170. The van der Waals surface area contributed by atoms with Crippen LogP contribution in [0.4, 0.5) is 5.69 Å². The lowest BCUT2D eigenvalue weighted by Crippen LogP contribution is -2.33. The van der Waals surface area contributed by atoms with Gasteiger partial charge in [-0.05, 0) is 19.1 Å². The highest BCUT2D eigenvalue weighted by Gasteiger charge is 2.11. The number of rotatable bonds is 4. The normalized spacial score (nSPS) is 13.6. The molecule has 15 heavy (non-hydrogen) atoms. The first kappa shape index (κ1) is 11.3. The molecule has 1 aromatic heterocycles. The molecule has 5 nitrogen and oxygen atoms in total. The Morgan fingerprint density at radius 2 is 2.20 bits per heavy atom. The summed E-state index contributed by atoms with van der Waals surface area (Å²) in [6.45, 7) is 2.01. The fraction of sp³-hybridized carbons (Fsp3) is 0.400. The highest BCUT2D eigenvalue weighted by atomic mass is 16.4. The molecule has 0 fully saturated rings. The van der Waals surface area contributed by atoms with E-state index in [4.69, 9.17) is 10.9 Å². The van der Waals surface area contributed by atoms with Crippen LogP contribution in [0.2, 0.25) is 0 Å². The van der Waals surface area contributed by atoms with Gasteiger partial charge < -0.3 is 15.8 Å². The van der Waals surface area contributed by atoms with Crippen molar-refractivity contribution in [3.63, 3.8) is 0 Å². The number of pyridine rings is 1. The summed E-state index contributed by atoms with van der Waals surface area (Å²) in [5, 5.41) is 11.4. The number of amidine groups is 1. The second-order valence-corrected chi connectivity index (χ2v) is 3.46. The molecule has 0 saturated heterocycles. The average Bonchev–Trinajstić information content (AvgIpc) is 2.29. The first-order valence-electron chi connectivity index (χ1n) is 4.74. The largest absolute Gasteiger partial charge is 0.409 e. The van der Waals surface area contributed by atoms with E-state index in [0.717, 1.165) is 5.69 Å². The lowest BCUT2D eigenvalue weighted by molar-refractivity contribution is 0.316. The van der Waals surface area contributed by atoms with Crippen molar-refractivity contribution in [1.29, 1.82) is 0 Å². The van der Waals surface area contributed by atoms with E-state index >= 15 is 0 Å². The first-order chi connectivity index (χ1) is 7.15. The smallest absolute Gasteiger partial charge is 0.141 e. The van der Waals surface area contributed by atoms with Gasteiger partial charge in [0.15, 0.2) is 0 Å². The molecule has 1 heterocycles. The van der Waals surface area contributed by atoms with Crippen molar-refractivity contribution in [3.8, 4) is 0 Å². The Bertz CT molecular complexity index is 325. The van der Waals surface area contributed by atoms with Gasteiger partial charge in [-0.1, -0.05) is 5.16 Å². The van der Waals surface area contributed by atoms with Crippen LogP contribution >= 0.6 is 0 Å². The molecule has 0 aliphatic heterocycles. The number of hydrogen-bond donors (Lipinski definition) is 2. The lowest BCUT2D eigenvalue weighted by Gasteiger charge is -2.26. The Morgan fingerprint density at radius 1 is 1.60 bits per heavy atom. The molecule has 0 spiro atoms. The van der Waals surface area contributed by atoms with E-state index in [-0.39, 0.29) is 11.9 Å². The number of hydrogen-bond acceptors (Lipinski definition) is 4. The van der Waals surface area contributed by atoms with E-state index in [1.54, 1.807) is 12.4 Å². The van der Waals surface area contributed by atoms with Gasteiger partial charge in [0.1, 0.15) is 5.84 Å². The van der Waals surface area contributed by atoms with Gasteiger partial charge in [-0.3, -0.25) is 4.98 Å². The predicted octanol–water partition coefficient (Wildman–Crippen LogP) is 1.04. The monoisotopic (exact) mass is 208 g/mol. The quantitative estimate of drug-likeness (QED) is 0.335. The molecule has 0 aliphatic rings. The van der Waals surface area contributed by atoms with Crippen LogP contribution in [0.5, 0.6) is 0 Å². The summed E-state index contributed by atoms with van der Waals surface area (Å²) in [6.07, 6.45) is 4.00. The summed E-state index contributed by atoms with van der Waals surface area (Å²) in [5.41, 5.74) is 6.51. The molecule has 1 atom stereocenters. The molecule has 3 N–H and O–H groups in total. The SMILES string of the molecule is CC(CC(N)=NO)N(C)c1ccncc1. The molecule has 82 valence electrons. The Labute approximate surface area is 89.2 Å². The van der Waals surface area contributed by atoms with Gasteiger partial charge in [-0.25, -0.2) is 0 Å². The van der Waals surface area contributed by atoms with E-state index in [1.807, 2.05) is 26.1 Å². The zero-order valence-corrected chi connectivity index (χ0v) is 8.96. The predicted molar refractivity (Wildman–Crippen MR) is 60.1 cm³/mol. The molecule has 0 radical (unpaired) electrons. The maximum atomic E-state index is 8.47. The summed E-state index contributed by atoms with van der Waals surface area (Å²) in [7, 11) is 1.96. The fourth-order valence-electron chi connectivity index (χ4n) is 1.31. The van der Waals surface area contributed by atoms with Gasteiger partial charge in [0.05, 0.1) is 0 Å². The number of anilines is 1. The van der Waals surface area contributed by atoms with Gasteiger partial charge in [0.2, 0.25) is 0 Å². The van der Waals surface area contributed by atoms with Crippen molar-refractivity contribution in [2.45, 2.75) is 19.4 Å². The number of oxime groups is 1. The zero-order valence-electron chi connectivity index (χ0n) is 8.96. The third-order valence-corrected chi connectivity index (χ3v) is 2.36. The second-order valence-electron chi connectivity index (χ2n) is 3.46. The number of aromatic nitrogens is 1. The lowest BCUT2D eigenvalue weighted by atomic mass is 10.2. The maximum Gasteiger partial charge on any atom is 0.141 e. The Morgan fingerprint density at radius 3 is 2.73 bits per heavy atom. The van der Waals surface area contributed by atoms with Crippen molar-refractivity contribution in [2.75, 3.05) is 11.9 Å². The van der Waals surface area contributed by atoms with E-state index < -0.39 is 0 Å². The van der Waals surface area contributed by atoms with Gasteiger partial charge >= 0.3 is 0 Å². The summed E-state index contributed by atoms with van der Waals surface area (Å²) in [4.78, 5) is 6.00. The Balaban J connectivity index is 2.65. The molecule has 5 heteroatoms. The highest BCUT2D eigenvalue weighted by molar-refractivity contribution is 5.80. The van der Waals surface area contributed by atoms with Gasteiger partial charge in [0.25, 0.3) is 0 Å². The van der Waals surface area contributed by atoms with Crippen LogP contribution in [0.15, 0.2) is 29.7 Å². The molecular weight excluding hydrogens is 192 g/mol. The summed E-state index contributed by atoms with van der Waals surface area (Å²) in [5.74, 6) is 0.239. The summed E-state index contributed by atoms with van der Waals surface area (Å²) < 4.78 is 0. The molecular formula is C10H16N4O. The molecule has 0 aromatic carbocycles. The fourth-order valence-corrected chi connectivity index (χ4v) is 1.31. The average molecular weight is 208 g/mol. The minimum absolute atomic E-state index is 0.170. The third-order valence-electron chi connectivity index (χ3n) is 2.36. The van der Waals surface area contributed by atoms with Crippen molar-refractivity contribution in [1.82, 2.24) is 4.98 Å². The maximum absolute atomic E-state index is 8.47. The van der Waals surface area contributed by atoms with Crippen LogP contribution in [0, 0.1) is 0 Å². The molecule has 0 aliphatic carbocycles. The van der Waals surface area contributed by atoms with Crippen LogP contribution in [-0.2, 0) is 0 Å². The molecule has 0 amide bonds. The molecule has 0 saturated carbocycles. The van der Waals surface area contributed by atoms with Crippen molar-refractivity contribution in [2.24, 2.45) is 10.9 Å². The Kier molecular flexibility index (Phi) is 3.91. The molecule has 0 bridgehead atoms. The minimum Gasteiger partial charge on any atom is -0.409 e. The van der Waals surface area contributed by atoms with Gasteiger partial charge in [-0.15, -0.1) is 0 Å². The van der Waals surface area contributed by atoms with E-state index in [9.17, 15) is 0 Å². The van der Waals surface area contributed by atoms with Crippen molar-refractivity contribution >= 4 is 11.5 Å². The van der Waals surface area contributed by atoms with Crippen molar-refractivity contribution < 1.29 is 5.21 Å². The van der Waals surface area contributed by atoms with Gasteiger partial charge in [-0.2, -0.15) is 0 Å².